The average Bonchev–Trinajstić information content (AvgIpc) is 3.05. The number of pyridine rings is 2. The fourth-order valence-electron chi connectivity index (χ4n) is 3.60. The van der Waals surface area contributed by atoms with Gasteiger partial charge in [0.15, 0.2) is 0 Å². The first-order chi connectivity index (χ1) is 14.6. The van der Waals surface area contributed by atoms with Crippen molar-refractivity contribution in [2.75, 3.05) is 26.2 Å². The Morgan fingerprint density at radius 2 is 1.47 bits per heavy atom. The molecule has 7 heteroatoms. The van der Waals surface area contributed by atoms with E-state index in [2.05, 4.69) is 9.97 Å². The minimum absolute atomic E-state index is 0.0724. The summed E-state index contributed by atoms with van der Waals surface area (Å²) >= 11 is 0. The van der Waals surface area contributed by atoms with E-state index in [-0.39, 0.29) is 17.4 Å². The summed E-state index contributed by atoms with van der Waals surface area (Å²) in [5, 5.41) is 0. The second kappa shape index (κ2) is 8.73. The standard InChI is InChI=1S/C23H22N4O3/c28-21-19(7-8-20(25-21)17-5-2-1-3-6-17)23(30)27-14-4-13-26(15-16-27)22(29)18-9-11-24-12-10-18/h1-3,5-12H,4,13-16H2,(H,25,28). The molecule has 0 saturated carbocycles. The van der Waals surface area contributed by atoms with Crippen LogP contribution in [0.4, 0.5) is 0 Å². The Morgan fingerprint density at radius 3 is 2.13 bits per heavy atom. The zero-order chi connectivity index (χ0) is 20.9. The topological polar surface area (TPSA) is 86.4 Å². The van der Waals surface area contributed by atoms with E-state index in [1.807, 2.05) is 30.3 Å². The van der Waals surface area contributed by atoms with Gasteiger partial charge in [0.2, 0.25) is 0 Å². The summed E-state index contributed by atoms with van der Waals surface area (Å²) < 4.78 is 0. The molecule has 0 aliphatic carbocycles. The first kappa shape index (κ1) is 19.6. The normalized spacial score (nSPS) is 14.3. The average molecular weight is 402 g/mol. The van der Waals surface area contributed by atoms with Gasteiger partial charge in [0.1, 0.15) is 5.56 Å². The third kappa shape index (κ3) is 4.15. The zero-order valence-corrected chi connectivity index (χ0v) is 16.5. The van der Waals surface area contributed by atoms with Crippen molar-refractivity contribution in [3.8, 4) is 11.3 Å². The van der Waals surface area contributed by atoms with Crippen molar-refractivity contribution in [1.29, 1.82) is 0 Å². The number of benzene rings is 1. The molecule has 0 radical (unpaired) electrons. The molecule has 0 bridgehead atoms. The number of aromatic amines is 1. The molecule has 1 aliphatic heterocycles. The second-order valence-corrected chi connectivity index (χ2v) is 7.15. The summed E-state index contributed by atoms with van der Waals surface area (Å²) in [4.78, 5) is 48.3. The molecule has 152 valence electrons. The minimum atomic E-state index is -0.407. The highest BCUT2D eigenvalue weighted by Gasteiger charge is 2.25. The van der Waals surface area contributed by atoms with Crippen molar-refractivity contribution in [2.24, 2.45) is 0 Å². The lowest BCUT2D eigenvalue weighted by atomic mass is 10.1. The molecular formula is C23H22N4O3. The van der Waals surface area contributed by atoms with E-state index in [9.17, 15) is 14.4 Å². The molecule has 3 aromatic rings. The molecule has 7 nitrogen and oxygen atoms in total. The Kier molecular flexibility index (Phi) is 5.70. The van der Waals surface area contributed by atoms with Crippen LogP contribution in [0.3, 0.4) is 0 Å². The van der Waals surface area contributed by atoms with Gasteiger partial charge in [-0.3, -0.25) is 19.4 Å². The van der Waals surface area contributed by atoms with E-state index >= 15 is 0 Å². The molecule has 1 saturated heterocycles. The van der Waals surface area contributed by atoms with Gasteiger partial charge in [-0.2, -0.15) is 0 Å². The number of hydrogen-bond acceptors (Lipinski definition) is 4. The molecule has 0 unspecified atom stereocenters. The SMILES string of the molecule is O=C(c1ccncc1)N1CCCN(C(=O)c2ccc(-c3ccccc3)[nH]c2=O)CC1. The van der Waals surface area contributed by atoms with E-state index in [0.717, 1.165) is 5.56 Å². The van der Waals surface area contributed by atoms with Crippen LogP contribution < -0.4 is 5.56 Å². The predicted molar refractivity (Wildman–Crippen MR) is 113 cm³/mol. The first-order valence-electron chi connectivity index (χ1n) is 9.91. The maximum absolute atomic E-state index is 13.0. The van der Waals surface area contributed by atoms with Crippen LogP contribution in [0.15, 0.2) is 71.8 Å². The van der Waals surface area contributed by atoms with E-state index in [0.29, 0.717) is 43.9 Å². The molecule has 2 amide bonds. The van der Waals surface area contributed by atoms with Gasteiger partial charge in [0.25, 0.3) is 17.4 Å². The van der Waals surface area contributed by atoms with Crippen LogP contribution in [0, 0.1) is 0 Å². The number of amides is 2. The quantitative estimate of drug-likeness (QED) is 0.729. The molecule has 1 fully saturated rings. The van der Waals surface area contributed by atoms with Crippen LogP contribution in [0.25, 0.3) is 11.3 Å². The van der Waals surface area contributed by atoms with E-state index in [1.165, 1.54) is 0 Å². The first-order valence-corrected chi connectivity index (χ1v) is 9.91. The molecule has 1 aromatic carbocycles. The van der Waals surface area contributed by atoms with Gasteiger partial charge in [-0.15, -0.1) is 0 Å². The maximum Gasteiger partial charge on any atom is 0.261 e. The largest absolute Gasteiger partial charge is 0.337 e. The van der Waals surface area contributed by atoms with Crippen molar-refractivity contribution >= 4 is 11.8 Å². The van der Waals surface area contributed by atoms with Crippen molar-refractivity contribution in [3.63, 3.8) is 0 Å². The summed E-state index contributed by atoms with van der Waals surface area (Å²) in [6, 6.07) is 16.2. The summed E-state index contributed by atoms with van der Waals surface area (Å²) in [6.07, 6.45) is 3.83. The highest BCUT2D eigenvalue weighted by Crippen LogP contribution is 2.16. The van der Waals surface area contributed by atoms with Crippen molar-refractivity contribution in [1.82, 2.24) is 19.8 Å². The van der Waals surface area contributed by atoms with Gasteiger partial charge >= 0.3 is 0 Å². The van der Waals surface area contributed by atoms with Crippen LogP contribution in [-0.2, 0) is 0 Å². The number of carbonyl (C=O) groups excluding carboxylic acids is 2. The molecule has 1 aliphatic rings. The molecule has 1 N–H and O–H groups in total. The predicted octanol–water partition coefficient (Wildman–Crippen LogP) is 2.43. The smallest absolute Gasteiger partial charge is 0.261 e. The number of H-pyrrole nitrogens is 1. The van der Waals surface area contributed by atoms with Gasteiger partial charge in [0.05, 0.1) is 0 Å². The van der Waals surface area contributed by atoms with Crippen molar-refractivity contribution < 1.29 is 9.59 Å². The Hall–Kier alpha value is -3.74. The Bertz CT molecular complexity index is 1100. The molecular weight excluding hydrogens is 380 g/mol. The van der Waals surface area contributed by atoms with Crippen LogP contribution in [-0.4, -0.2) is 57.8 Å². The number of rotatable bonds is 3. The van der Waals surface area contributed by atoms with E-state index in [1.54, 1.807) is 46.5 Å². The molecule has 3 heterocycles. The summed E-state index contributed by atoms with van der Waals surface area (Å²) in [6.45, 7) is 1.87. The number of hydrogen-bond donors (Lipinski definition) is 1. The highest BCUT2D eigenvalue weighted by atomic mass is 16.2. The Morgan fingerprint density at radius 1 is 0.800 bits per heavy atom. The monoisotopic (exact) mass is 402 g/mol. The molecule has 4 rings (SSSR count). The van der Waals surface area contributed by atoms with Gasteiger partial charge in [0, 0.05) is 49.8 Å². The Labute approximate surface area is 174 Å². The molecule has 0 atom stereocenters. The lowest BCUT2D eigenvalue weighted by molar-refractivity contribution is 0.0717. The van der Waals surface area contributed by atoms with Gasteiger partial charge in [-0.05, 0) is 36.2 Å². The third-order valence-corrected chi connectivity index (χ3v) is 5.22. The molecule has 2 aromatic heterocycles. The van der Waals surface area contributed by atoms with Gasteiger partial charge < -0.3 is 14.8 Å². The molecule has 30 heavy (non-hydrogen) atoms. The van der Waals surface area contributed by atoms with Crippen LogP contribution in [0.2, 0.25) is 0 Å². The highest BCUT2D eigenvalue weighted by molar-refractivity contribution is 5.95. The molecule has 0 spiro atoms. The number of nitrogens with zero attached hydrogens (tertiary/aromatic N) is 3. The van der Waals surface area contributed by atoms with Crippen molar-refractivity contribution in [2.45, 2.75) is 6.42 Å². The fraction of sp³-hybridized carbons (Fsp3) is 0.217. The third-order valence-electron chi connectivity index (χ3n) is 5.22. The van der Waals surface area contributed by atoms with Crippen molar-refractivity contribution in [3.05, 3.63) is 88.5 Å². The summed E-state index contributed by atoms with van der Waals surface area (Å²) in [5.74, 6) is -0.383. The van der Waals surface area contributed by atoms with Crippen LogP contribution in [0.1, 0.15) is 27.1 Å². The summed E-state index contributed by atoms with van der Waals surface area (Å²) in [7, 11) is 0. The summed E-state index contributed by atoms with van der Waals surface area (Å²) in [5.41, 5.74) is 1.84. The lowest BCUT2D eigenvalue weighted by Gasteiger charge is -2.22. The number of carbonyl (C=O) groups is 2. The van der Waals surface area contributed by atoms with Crippen LogP contribution in [0.5, 0.6) is 0 Å². The lowest BCUT2D eigenvalue weighted by Crippen LogP contribution is -2.39. The number of nitrogens with one attached hydrogen (secondary N) is 1. The van der Waals surface area contributed by atoms with E-state index in [4.69, 9.17) is 0 Å². The van der Waals surface area contributed by atoms with E-state index < -0.39 is 5.56 Å². The fourth-order valence-corrected chi connectivity index (χ4v) is 3.60. The second-order valence-electron chi connectivity index (χ2n) is 7.15. The maximum atomic E-state index is 13.0. The van der Waals surface area contributed by atoms with Crippen LogP contribution >= 0.6 is 0 Å². The number of aromatic nitrogens is 2. The van der Waals surface area contributed by atoms with Gasteiger partial charge in [-0.25, -0.2) is 0 Å². The zero-order valence-electron chi connectivity index (χ0n) is 16.5. The minimum Gasteiger partial charge on any atom is -0.337 e. The van der Waals surface area contributed by atoms with Gasteiger partial charge in [-0.1, -0.05) is 30.3 Å². The Balaban J connectivity index is 1.46.